The fraction of sp³-hybridized carbons (Fsp3) is 0.588. The number of nitrogens with zero attached hydrogens (tertiary/aromatic N) is 1. The molecule has 0 aliphatic heterocycles. The zero-order chi connectivity index (χ0) is 18.7. The number of nitro groups is 1. The lowest BCUT2D eigenvalue weighted by Crippen LogP contribution is -2.37. The third-order valence-corrected chi connectivity index (χ3v) is 3.47. The van der Waals surface area contributed by atoms with Crippen molar-refractivity contribution < 1.29 is 24.3 Å². The molecule has 2 N–H and O–H groups in total. The smallest absolute Gasteiger partial charge is 0.407 e. The van der Waals surface area contributed by atoms with Gasteiger partial charge in [-0.2, -0.15) is 0 Å². The Balaban J connectivity index is 2.52. The first-order valence-corrected chi connectivity index (χ1v) is 8.28. The highest BCUT2D eigenvalue weighted by Gasteiger charge is 2.17. The number of hydrogen-bond acceptors (Lipinski definition) is 6. The average Bonchev–Trinajstić information content (AvgIpc) is 2.56. The van der Waals surface area contributed by atoms with E-state index < -0.39 is 11.0 Å². The van der Waals surface area contributed by atoms with Crippen molar-refractivity contribution in [3.8, 4) is 0 Å². The van der Waals surface area contributed by atoms with Gasteiger partial charge in [0.05, 0.1) is 23.7 Å². The van der Waals surface area contributed by atoms with E-state index in [1.165, 1.54) is 6.07 Å². The molecule has 0 heterocycles. The molecule has 1 unspecified atom stereocenters. The van der Waals surface area contributed by atoms with Crippen molar-refractivity contribution in [2.24, 2.45) is 5.92 Å². The highest BCUT2D eigenvalue weighted by Crippen LogP contribution is 2.18. The Labute approximate surface area is 147 Å². The van der Waals surface area contributed by atoms with Gasteiger partial charge in [0.2, 0.25) is 0 Å². The number of alkyl carbamates (subject to hydrolysis) is 1. The lowest BCUT2D eigenvalue weighted by atomic mass is 10.0. The van der Waals surface area contributed by atoms with Crippen LogP contribution in [0.5, 0.6) is 0 Å². The second-order valence-corrected chi connectivity index (χ2v) is 6.06. The van der Waals surface area contributed by atoms with Crippen molar-refractivity contribution in [1.29, 1.82) is 0 Å². The summed E-state index contributed by atoms with van der Waals surface area (Å²) in [5.74, 6) is 0.373. The Morgan fingerprint density at radius 3 is 2.68 bits per heavy atom. The topological polar surface area (TPSA) is 111 Å². The number of nitro benzene ring substituents is 1. The first-order valence-electron chi connectivity index (χ1n) is 8.28. The minimum atomic E-state index is -0.619. The Hall–Kier alpha value is -2.19. The lowest BCUT2D eigenvalue weighted by Gasteiger charge is -2.20. The standard InChI is InChI=1S/C17H26N2O6/c1-13(2)11-15(7-9-24-10-8-20)18-17(21)25-12-14-5-3-4-6-16(14)19(22)23/h3-6,13,15,20H,7-12H2,1-2H3,(H,18,21). The second kappa shape index (κ2) is 11.4. The minimum Gasteiger partial charge on any atom is -0.444 e. The minimum absolute atomic E-state index is 0.0415. The van der Waals surface area contributed by atoms with Crippen molar-refractivity contribution in [3.05, 3.63) is 39.9 Å². The highest BCUT2D eigenvalue weighted by atomic mass is 16.6. The molecule has 0 aliphatic rings. The molecule has 0 saturated heterocycles. The van der Waals surface area contributed by atoms with E-state index in [1.54, 1.807) is 18.2 Å². The maximum Gasteiger partial charge on any atom is 0.407 e. The first-order chi connectivity index (χ1) is 11.9. The van der Waals surface area contributed by atoms with Crippen molar-refractivity contribution in [2.75, 3.05) is 19.8 Å². The summed E-state index contributed by atoms with van der Waals surface area (Å²) >= 11 is 0. The van der Waals surface area contributed by atoms with Gasteiger partial charge in [-0.1, -0.05) is 26.0 Å². The third kappa shape index (κ3) is 8.46. The number of rotatable bonds is 11. The largest absolute Gasteiger partial charge is 0.444 e. The van der Waals surface area contributed by atoms with Gasteiger partial charge in [0.15, 0.2) is 0 Å². The maximum absolute atomic E-state index is 12.0. The molecular formula is C17H26N2O6. The first kappa shape index (κ1) is 20.9. The summed E-state index contributed by atoms with van der Waals surface area (Å²) in [4.78, 5) is 22.4. The highest BCUT2D eigenvalue weighted by molar-refractivity contribution is 5.67. The van der Waals surface area contributed by atoms with Crippen LogP contribution in [0.1, 0.15) is 32.3 Å². The van der Waals surface area contributed by atoms with Crippen molar-refractivity contribution in [3.63, 3.8) is 0 Å². The third-order valence-electron chi connectivity index (χ3n) is 3.47. The number of amides is 1. The van der Waals surface area contributed by atoms with Gasteiger partial charge in [-0.15, -0.1) is 0 Å². The van der Waals surface area contributed by atoms with Gasteiger partial charge in [-0.05, 0) is 24.8 Å². The van der Waals surface area contributed by atoms with Crippen molar-refractivity contribution in [2.45, 2.75) is 39.3 Å². The van der Waals surface area contributed by atoms with E-state index in [0.29, 0.717) is 24.5 Å². The van der Waals surface area contributed by atoms with Gasteiger partial charge < -0.3 is 19.9 Å². The number of para-hydroxylation sites is 1. The summed E-state index contributed by atoms with van der Waals surface area (Å²) in [6.07, 6.45) is 0.730. The van der Waals surface area contributed by atoms with Crippen LogP contribution in [0.25, 0.3) is 0 Å². The van der Waals surface area contributed by atoms with Crippen LogP contribution in [0.3, 0.4) is 0 Å². The predicted molar refractivity (Wildman–Crippen MR) is 92.2 cm³/mol. The van der Waals surface area contributed by atoms with Crippen LogP contribution in [0.15, 0.2) is 24.3 Å². The monoisotopic (exact) mass is 354 g/mol. The van der Waals surface area contributed by atoms with Crippen LogP contribution >= 0.6 is 0 Å². The molecule has 0 aliphatic carbocycles. The number of benzene rings is 1. The molecule has 0 aromatic heterocycles. The quantitative estimate of drug-likeness (QED) is 0.359. The molecule has 1 atom stereocenters. The molecule has 1 amide bonds. The predicted octanol–water partition coefficient (Wildman–Crippen LogP) is 2.63. The number of aliphatic hydroxyl groups excluding tert-OH is 1. The Morgan fingerprint density at radius 1 is 1.32 bits per heavy atom. The lowest BCUT2D eigenvalue weighted by molar-refractivity contribution is -0.385. The van der Waals surface area contributed by atoms with Gasteiger partial charge in [0, 0.05) is 18.7 Å². The zero-order valence-corrected chi connectivity index (χ0v) is 14.6. The van der Waals surface area contributed by atoms with Gasteiger partial charge in [0.1, 0.15) is 6.61 Å². The fourth-order valence-corrected chi connectivity index (χ4v) is 2.37. The van der Waals surface area contributed by atoms with Crippen LogP contribution in [-0.4, -0.2) is 42.0 Å². The van der Waals surface area contributed by atoms with Crippen LogP contribution in [0.4, 0.5) is 10.5 Å². The zero-order valence-electron chi connectivity index (χ0n) is 14.6. The molecule has 140 valence electrons. The number of ether oxygens (including phenoxy) is 2. The van der Waals surface area contributed by atoms with E-state index in [-0.39, 0.29) is 31.5 Å². The van der Waals surface area contributed by atoms with Crippen molar-refractivity contribution in [1.82, 2.24) is 5.32 Å². The van der Waals surface area contributed by atoms with E-state index in [9.17, 15) is 14.9 Å². The average molecular weight is 354 g/mol. The van der Waals surface area contributed by atoms with E-state index in [4.69, 9.17) is 14.6 Å². The molecule has 8 heteroatoms. The molecular weight excluding hydrogens is 328 g/mol. The number of carbonyl (C=O) groups excluding carboxylic acids is 1. The Morgan fingerprint density at radius 2 is 2.04 bits per heavy atom. The molecule has 0 saturated carbocycles. The summed E-state index contributed by atoms with van der Waals surface area (Å²) < 4.78 is 10.4. The fourth-order valence-electron chi connectivity index (χ4n) is 2.37. The van der Waals surface area contributed by atoms with Crippen LogP contribution in [0, 0.1) is 16.0 Å². The molecule has 1 aromatic rings. The molecule has 0 spiro atoms. The normalized spacial score (nSPS) is 12.0. The number of hydrogen-bond donors (Lipinski definition) is 2. The van der Waals surface area contributed by atoms with Crippen LogP contribution < -0.4 is 5.32 Å². The summed E-state index contributed by atoms with van der Waals surface area (Å²) in [6.45, 7) is 4.56. The van der Waals surface area contributed by atoms with E-state index in [1.807, 2.05) is 13.8 Å². The van der Waals surface area contributed by atoms with Gasteiger partial charge in [-0.25, -0.2) is 4.79 Å². The molecule has 25 heavy (non-hydrogen) atoms. The van der Waals surface area contributed by atoms with Gasteiger partial charge >= 0.3 is 6.09 Å². The second-order valence-electron chi connectivity index (χ2n) is 6.06. The molecule has 0 bridgehead atoms. The number of aliphatic hydroxyl groups is 1. The van der Waals surface area contributed by atoms with E-state index >= 15 is 0 Å². The van der Waals surface area contributed by atoms with Crippen LogP contribution in [0.2, 0.25) is 0 Å². The van der Waals surface area contributed by atoms with Crippen molar-refractivity contribution >= 4 is 11.8 Å². The Kier molecular flexibility index (Phi) is 9.49. The molecule has 0 radical (unpaired) electrons. The molecule has 1 aromatic carbocycles. The number of carbonyl (C=O) groups is 1. The van der Waals surface area contributed by atoms with Gasteiger partial charge in [0.25, 0.3) is 5.69 Å². The maximum atomic E-state index is 12.0. The summed E-state index contributed by atoms with van der Waals surface area (Å²) in [5, 5.41) is 22.4. The molecule has 0 fully saturated rings. The van der Waals surface area contributed by atoms with Crippen LogP contribution in [-0.2, 0) is 16.1 Å². The SMILES string of the molecule is CC(C)CC(CCOCCO)NC(=O)OCc1ccccc1[N+](=O)[O-]. The Bertz CT molecular complexity index is 550. The number of nitrogens with one attached hydrogen (secondary N) is 1. The van der Waals surface area contributed by atoms with Gasteiger partial charge in [-0.3, -0.25) is 10.1 Å². The summed E-state index contributed by atoms with van der Waals surface area (Å²) in [6, 6.07) is 6.02. The summed E-state index contributed by atoms with van der Waals surface area (Å²) in [7, 11) is 0. The van der Waals surface area contributed by atoms with E-state index in [0.717, 1.165) is 6.42 Å². The summed E-state index contributed by atoms with van der Waals surface area (Å²) in [5.41, 5.74) is 0.265. The molecule has 8 nitrogen and oxygen atoms in total. The van der Waals surface area contributed by atoms with E-state index in [2.05, 4.69) is 5.32 Å². The molecule has 1 rings (SSSR count).